The van der Waals surface area contributed by atoms with Gasteiger partial charge in [-0.1, -0.05) is 44.5 Å². The van der Waals surface area contributed by atoms with Crippen LogP contribution in [0.3, 0.4) is 0 Å². The van der Waals surface area contributed by atoms with Gasteiger partial charge in [0.1, 0.15) is 0 Å². The molecule has 32 heavy (non-hydrogen) atoms. The molecule has 1 heterocycles. The maximum Gasteiger partial charge on any atom is 0.214 e. The summed E-state index contributed by atoms with van der Waals surface area (Å²) >= 11 is 6.08. The minimum absolute atomic E-state index is 0.0980. The molecule has 1 saturated carbocycles. The zero-order valence-corrected chi connectivity index (χ0v) is 20.2. The average molecular weight is 470 g/mol. The molecule has 0 unspecified atom stereocenters. The summed E-state index contributed by atoms with van der Waals surface area (Å²) in [6.07, 6.45) is 4.54. The molecular formula is C25H28ClN3O2S. The molecule has 4 rings (SSSR count). The number of nitrogens with zero attached hydrogens (tertiary/aromatic N) is 2. The number of aromatic nitrogens is 1. The first-order valence-electron chi connectivity index (χ1n) is 10.9. The van der Waals surface area contributed by atoms with Gasteiger partial charge in [-0.15, -0.1) is 0 Å². The number of rotatable bonds is 7. The molecule has 1 aliphatic carbocycles. The van der Waals surface area contributed by atoms with Crippen LogP contribution in [0.5, 0.6) is 0 Å². The van der Waals surface area contributed by atoms with Crippen molar-refractivity contribution in [3.05, 3.63) is 58.7 Å². The molecule has 0 atom stereocenters. The van der Waals surface area contributed by atoms with E-state index < -0.39 is 10.0 Å². The standard InChI is InChI=1S/C25H28ClN3O2S/c1-25(2,3)14-19-16-29(11-10-28-32(30,31)21-6-7-21)24-9-4-17(13-23(19)24)22-8-5-20(26)12-18(22)15-27/h4-5,8-9,12-13,16,21,28H,6-7,10-11,14H2,1-3H3. The van der Waals surface area contributed by atoms with Crippen molar-refractivity contribution in [2.24, 2.45) is 5.41 Å². The van der Waals surface area contributed by atoms with Crippen molar-refractivity contribution < 1.29 is 8.42 Å². The Bertz CT molecular complexity index is 1310. The van der Waals surface area contributed by atoms with Gasteiger partial charge in [-0.25, -0.2) is 13.1 Å². The lowest BCUT2D eigenvalue weighted by atomic mass is 9.87. The van der Waals surface area contributed by atoms with E-state index in [0.29, 0.717) is 23.7 Å². The number of halogens is 1. The van der Waals surface area contributed by atoms with Gasteiger partial charge >= 0.3 is 0 Å². The Labute approximate surface area is 195 Å². The molecule has 1 fully saturated rings. The van der Waals surface area contributed by atoms with E-state index in [1.54, 1.807) is 12.1 Å². The third-order valence-corrected chi connectivity index (χ3v) is 7.91. The summed E-state index contributed by atoms with van der Waals surface area (Å²) in [6.45, 7) is 7.55. The Balaban J connectivity index is 1.70. The van der Waals surface area contributed by atoms with Crippen molar-refractivity contribution in [3.8, 4) is 17.2 Å². The van der Waals surface area contributed by atoms with Gasteiger partial charge in [0.25, 0.3) is 0 Å². The SMILES string of the molecule is CC(C)(C)Cc1cn(CCNS(=O)(=O)C2CC2)c2ccc(-c3ccc(Cl)cc3C#N)cc12. The minimum atomic E-state index is -3.19. The third-order valence-electron chi connectivity index (χ3n) is 5.72. The van der Waals surface area contributed by atoms with Gasteiger partial charge in [-0.3, -0.25) is 0 Å². The quantitative estimate of drug-likeness (QED) is 0.496. The summed E-state index contributed by atoms with van der Waals surface area (Å²) in [5.41, 5.74) is 4.74. The van der Waals surface area contributed by atoms with Crippen LogP contribution in [0.2, 0.25) is 5.02 Å². The number of sulfonamides is 1. The van der Waals surface area contributed by atoms with Crippen molar-refractivity contribution in [2.75, 3.05) is 6.54 Å². The fourth-order valence-corrected chi connectivity index (χ4v) is 5.64. The van der Waals surface area contributed by atoms with Crippen LogP contribution < -0.4 is 4.72 Å². The topological polar surface area (TPSA) is 74.9 Å². The summed E-state index contributed by atoms with van der Waals surface area (Å²) < 4.78 is 29.2. The van der Waals surface area contributed by atoms with Crippen LogP contribution in [0.15, 0.2) is 42.6 Å². The van der Waals surface area contributed by atoms with Crippen molar-refractivity contribution >= 4 is 32.5 Å². The monoisotopic (exact) mass is 469 g/mol. The Morgan fingerprint density at radius 2 is 1.94 bits per heavy atom. The van der Waals surface area contributed by atoms with Crippen molar-refractivity contribution in [3.63, 3.8) is 0 Å². The number of nitriles is 1. The maximum absolute atomic E-state index is 12.2. The van der Waals surface area contributed by atoms with Crippen LogP contribution in [0.25, 0.3) is 22.0 Å². The number of hydrogen-bond acceptors (Lipinski definition) is 3. The molecule has 3 aromatic rings. The molecule has 1 aliphatic rings. The Hall–Kier alpha value is -2.33. The van der Waals surface area contributed by atoms with Crippen LogP contribution in [-0.4, -0.2) is 24.8 Å². The Kier molecular flexibility index (Phi) is 6.10. The smallest absolute Gasteiger partial charge is 0.214 e. The van der Waals surface area contributed by atoms with Crippen LogP contribution in [-0.2, 0) is 23.0 Å². The fraction of sp³-hybridized carbons (Fsp3) is 0.400. The second kappa shape index (κ2) is 8.55. The highest BCUT2D eigenvalue weighted by molar-refractivity contribution is 7.90. The van der Waals surface area contributed by atoms with Gasteiger partial charge in [-0.05, 0) is 65.6 Å². The molecule has 2 aromatic carbocycles. The highest BCUT2D eigenvalue weighted by atomic mass is 35.5. The molecule has 1 aromatic heterocycles. The van der Waals surface area contributed by atoms with E-state index in [2.05, 4.69) is 54.5 Å². The van der Waals surface area contributed by atoms with E-state index in [-0.39, 0.29) is 10.7 Å². The molecule has 0 saturated heterocycles. The van der Waals surface area contributed by atoms with Crippen molar-refractivity contribution in [1.82, 2.24) is 9.29 Å². The maximum atomic E-state index is 12.2. The zero-order valence-electron chi connectivity index (χ0n) is 18.7. The normalized spacial score (nSPS) is 14.6. The molecule has 5 nitrogen and oxygen atoms in total. The second-order valence-electron chi connectivity index (χ2n) is 9.76. The van der Waals surface area contributed by atoms with Crippen molar-refractivity contribution in [2.45, 2.75) is 51.8 Å². The van der Waals surface area contributed by atoms with Gasteiger partial charge in [0.15, 0.2) is 0 Å². The predicted octanol–water partition coefficient (Wildman–Crippen LogP) is 5.50. The summed E-state index contributed by atoms with van der Waals surface area (Å²) in [4.78, 5) is 0. The minimum Gasteiger partial charge on any atom is -0.346 e. The summed E-state index contributed by atoms with van der Waals surface area (Å²) in [5, 5.41) is 11.0. The van der Waals surface area contributed by atoms with Gasteiger partial charge in [0.2, 0.25) is 10.0 Å². The Morgan fingerprint density at radius 1 is 1.19 bits per heavy atom. The molecule has 0 bridgehead atoms. The molecule has 168 valence electrons. The van der Waals surface area contributed by atoms with Crippen LogP contribution in [0, 0.1) is 16.7 Å². The van der Waals surface area contributed by atoms with E-state index in [9.17, 15) is 13.7 Å². The Morgan fingerprint density at radius 3 is 2.59 bits per heavy atom. The molecular weight excluding hydrogens is 442 g/mol. The third kappa shape index (κ3) is 5.01. The molecule has 0 amide bonds. The summed E-state index contributed by atoms with van der Waals surface area (Å²) in [5.74, 6) is 0. The van der Waals surface area contributed by atoms with E-state index in [1.807, 2.05) is 12.1 Å². The highest BCUT2D eigenvalue weighted by Crippen LogP contribution is 2.34. The number of fused-ring (bicyclic) bond motifs is 1. The lowest BCUT2D eigenvalue weighted by Gasteiger charge is -2.17. The molecule has 0 spiro atoms. The van der Waals surface area contributed by atoms with Crippen LogP contribution in [0.1, 0.15) is 44.7 Å². The number of nitrogens with one attached hydrogen (secondary N) is 1. The van der Waals surface area contributed by atoms with Gasteiger partial charge < -0.3 is 4.57 Å². The zero-order chi connectivity index (χ0) is 23.1. The van der Waals surface area contributed by atoms with E-state index in [1.165, 1.54) is 5.56 Å². The first kappa shape index (κ1) is 22.8. The predicted molar refractivity (Wildman–Crippen MR) is 130 cm³/mol. The fourth-order valence-electron chi connectivity index (χ4n) is 4.10. The average Bonchev–Trinajstić information content (AvgIpc) is 3.53. The summed E-state index contributed by atoms with van der Waals surface area (Å²) in [6, 6.07) is 13.8. The van der Waals surface area contributed by atoms with E-state index in [4.69, 9.17) is 11.6 Å². The van der Waals surface area contributed by atoms with Gasteiger partial charge in [-0.2, -0.15) is 5.26 Å². The van der Waals surface area contributed by atoms with Crippen molar-refractivity contribution in [1.29, 1.82) is 5.26 Å². The lowest BCUT2D eigenvalue weighted by molar-refractivity contribution is 0.412. The first-order valence-corrected chi connectivity index (χ1v) is 12.8. The molecule has 0 radical (unpaired) electrons. The second-order valence-corrected chi connectivity index (χ2v) is 12.2. The lowest BCUT2D eigenvalue weighted by Crippen LogP contribution is -2.30. The number of hydrogen-bond donors (Lipinski definition) is 1. The van der Waals surface area contributed by atoms with Crippen LogP contribution >= 0.6 is 11.6 Å². The highest BCUT2D eigenvalue weighted by Gasteiger charge is 2.35. The van der Waals surface area contributed by atoms with Gasteiger partial charge in [0.05, 0.1) is 16.9 Å². The molecule has 0 aliphatic heterocycles. The van der Waals surface area contributed by atoms with Gasteiger partial charge in [0, 0.05) is 35.2 Å². The molecule has 1 N–H and O–H groups in total. The number of benzene rings is 2. The van der Waals surface area contributed by atoms with Crippen LogP contribution in [0.4, 0.5) is 0 Å². The van der Waals surface area contributed by atoms with E-state index >= 15 is 0 Å². The van der Waals surface area contributed by atoms with E-state index in [0.717, 1.165) is 41.3 Å². The molecule has 7 heteroatoms. The summed E-state index contributed by atoms with van der Waals surface area (Å²) in [7, 11) is -3.19. The largest absolute Gasteiger partial charge is 0.346 e. The first-order chi connectivity index (χ1) is 15.1.